The summed E-state index contributed by atoms with van der Waals surface area (Å²) in [6, 6.07) is 0.952. The number of halogens is 4. The summed E-state index contributed by atoms with van der Waals surface area (Å²) in [5, 5.41) is 15.4. The number of hydrogen-bond acceptors (Lipinski definition) is 9. The number of nitrogens with zero attached hydrogens (tertiary/aromatic N) is 4. The van der Waals surface area contributed by atoms with Gasteiger partial charge in [-0.1, -0.05) is 26.8 Å². The third kappa shape index (κ3) is 10.5. The molecule has 0 spiro atoms. The van der Waals surface area contributed by atoms with Crippen molar-refractivity contribution in [3.8, 4) is 0 Å². The molecule has 15 nitrogen and oxygen atoms in total. The van der Waals surface area contributed by atoms with Crippen LogP contribution in [-0.4, -0.2) is 124 Å². The monoisotopic (exact) mass is 846 g/mol. The van der Waals surface area contributed by atoms with Crippen LogP contribution in [0.1, 0.15) is 88.2 Å². The van der Waals surface area contributed by atoms with Crippen LogP contribution in [0.3, 0.4) is 0 Å². The number of benzene rings is 1. The molecule has 5 rings (SSSR count). The van der Waals surface area contributed by atoms with Gasteiger partial charge in [-0.15, -0.1) is 0 Å². The first-order chi connectivity index (χ1) is 28.0. The Morgan fingerprint density at radius 2 is 1.68 bits per heavy atom. The highest BCUT2D eigenvalue weighted by molar-refractivity contribution is 6.07. The minimum atomic E-state index is -5.00. The first-order valence-electron chi connectivity index (χ1n) is 19.9. The van der Waals surface area contributed by atoms with E-state index in [1.807, 2.05) is 25.8 Å². The number of likely N-dealkylation sites (N-methyl/N-ethyl adjacent to an activating group) is 1. The van der Waals surface area contributed by atoms with E-state index in [1.54, 1.807) is 31.7 Å². The highest BCUT2D eigenvalue weighted by atomic mass is 19.4. The molecule has 0 saturated carbocycles. The summed E-state index contributed by atoms with van der Waals surface area (Å²) in [6.07, 6.45) is -3.28. The van der Waals surface area contributed by atoms with Crippen molar-refractivity contribution in [2.75, 3.05) is 50.0 Å². The van der Waals surface area contributed by atoms with Gasteiger partial charge in [0.1, 0.15) is 17.9 Å². The Bertz CT molecular complexity index is 2070. The molecule has 5 amide bonds. The smallest absolute Gasteiger partial charge is 0.391 e. The fourth-order valence-electron chi connectivity index (χ4n) is 7.93. The number of aliphatic hydroxyl groups excluding tert-OH is 1. The molecule has 0 unspecified atom stereocenters. The van der Waals surface area contributed by atoms with Crippen LogP contribution in [0.15, 0.2) is 35.3 Å². The SMILES string of the molecule is C[C@@H]1CN(c2cc(F)c(C3=CCN(C(=O)CCCC(=O)N[C@H](C(=O)N4C[C@H](O)C[C@H]4C(N)=O)C(C)(C)C)CC3)cc2NC(=O)c2c[nH]c(=O)cc2C(F)(F)F)C[C@H](C)N1C. The molecule has 5 atom stereocenters. The van der Waals surface area contributed by atoms with Gasteiger partial charge in [0.15, 0.2) is 0 Å². The Morgan fingerprint density at radius 1 is 1.02 bits per heavy atom. The van der Waals surface area contributed by atoms with Gasteiger partial charge >= 0.3 is 6.18 Å². The summed E-state index contributed by atoms with van der Waals surface area (Å²) in [5.41, 5.74) is 2.38. The molecule has 0 bridgehead atoms. The van der Waals surface area contributed by atoms with E-state index in [1.165, 1.54) is 17.0 Å². The van der Waals surface area contributed by atoms with Gasteiger partial charge in [0.2, 0.25) is 29.2 Å². The minimum absolute atomic E-state index is 0.00143. The molecule has 60 heavy (non-hydrogen) atoms. The number of primary amides is 1. The second-order valence-corrected chi connectivity index (χ2v) is 17.0. The highest BCUT2D eigenvalue weighted by Gasteiger charge is 2.44. The lowest BCUT2D eigenvalue weighted by molar-refractivity contribution is -0.143. The Hall–Kier alpha value is -5.30. The maximum atomic E-state index is 16.1. The number of aliphatic hydroxyl groups is 1. The van der Waals surface area contributed by atoms with Gasteiger partial charge in [0, 0.05) is 81.9 Å². The fourth-order valence-corrected chi connectivity index (χ4v) is 7.93. The van der Waals surface area contributed by atoms with Gasteiger partial charge in [-0.3, -0.25) is 33.7 Å². The van der Waals surface area contributed by atoms with E-state index < -0.39 is 75.9 Å². The summed E-state index contributed by atoms with van der Waals surface area (Å²) in [5.74, 6) is -3.83. The molecule has 1 aromatic heterocycles. The average molecular weight is 847 g/mol. The van der Waals surface area contributed by atoms with Crippen LogP contribution in [0.2, 0.25) is 0 Å². The number of H-pyrrole nitrogens is 1. The van der Waals surface area contributed by atoms with E-state index in [9.17, 15) is 47.0 Å². The number of rotatable bonds is 11. The molecular weight excluding hydrogens is 792 g/mol. The number of carbonyl (C=O) groups excluding carboxylic acids is 5. The molecule has 2 saturated heterocycles. The van der Waals surface area contributed by atoms with Gasteiger partial charge in [-0.25, -0.2) is 4.39 Å². The Kier molecular flexibility index (Phi) is 13.8. The maximum absolute atomic E-state index is 16.1. The molecule has 19 heteroatoms. The van der Waals surface area contributed by atoms with Crippen molar-refractivity contribution >= 4 is 46.5 Å². The Morgan fingerprint density at radius 3 is 2.27 bits per heavy atom. The number of anilines is 2. The van der Waals surface area contributed by atoms with E-state index >= 15 is 4.39 Å². The molecule has 3 aliphatic heterocycles. The topological polar surface area (TPSA) is 201 Å². The number of carbonyl (C=O) groups is 5. The fraction of sp³-hybridized carbons (Fsp3) is 0.561. The standard InChI is InChI=1S/C41H54F4N8O7/c1-22-19-52(20-23(2)50(22)6)31-17-29(42)26(15-30(31)48-38(59)27-18-47-34(56)16-28(27)41(43,44)45)24-10-12-51(13-11-24)35(57)9-7-8-33(55)49-36(40(3,4)5)39(60)53-21-25(54)14-32(53)37(46)58/h10,15-18,22-23,25,32,36,54H,7-9,11-14,19-21H2,1-6H3,(H2,46,58)(H,47,56)(H,48,59)(H,49,55)/t22-,23+,25-,32+,36-/m1/s1. The molecule has 2 fully saturated rings. The van der Waals surface area contributed by atoms with Crippen LogP contribution in [0.25, 0.3) is 5.57 Å². The van der Waals surface area contributed by atoms with Crippen molar-refractivity contribution in [2.24, 2.45) is 11.1 Å². The van der Waals surface area contributed by atoms with Crippen molar-refractivity contribution in [2.45, 2.75) is 103 Å². The van der Waals surface area contributed by atoms with Gasteiger partial charge in [0.25, 0.3) is 5.91 Å². The third-order valence-electron chi connectivity index (χ3n) is 11.5. The van der Waals surface area contributed by atoms with Crippen LogP contribution in [-0.2, 0) is 25.4 Å². The lowest BCUT2D eigenvalue weighted by atomic mass is 9.85. The van der Waals surface area contributed by atoms with Gasteiger partial charge < -0.3 is 41.2 Å². The number of hydrogen-bond donors (Lipinski definition) is 5. The van der Waals surface area contributed by atoms with Crippen molar-refractivity contribution in [3.63, 3.8) is 0 Å². The molecule has 1 aromatic carbocycles. The number of β-amino-alcohol motifs (C(OH)–C–C–N with tert-alkyl or cyclic N) is 1. The van der Waals surface area contributed by atoms with Gasteiger partial charge in [0.05, 0.1) is 28.6 Å². The normalized spacial score (nSPS) is 22.0. The summed E-state index contributed by atoms with van der Waals surface area (Å²) in [7, 11) is 1.95. The zero-order valence-corrected chi connectivity index (χ0v) is 34.6. The molecule has 3 aliphatic rings. The lowest BCUT2D eigenvalue weighted by Gasteiger charge is -2.44. The van der Waals surface area contributed by atoms with Crippen molar-refractivity contribution in [1.29, 1.82) is 0 Å². The quantitative estimate of drug-likeness (QED) is 0.211. The van der Waals surface area contributed by atoms with Gasteiger partial charge in [-0.2, -0.15) is 13.2 Å². The summed E-state index contributed by atoms with van der Waals surface area (Å²) < 4.78 is 57.8. The lowest BCUT2D eigenvalue weighted by Crippen LogP contribution is -2.57. The number of aromatic nitrogens is 1. The number of aromatic amines is 1. The largest absolute Gasteiger partial charge is 0.417 e. The zero-order valence-electron chi connectivity index (χ0n) is 34.6. The number of nitrogens with two attached hydrogens (primary N) is 1. The highest BCUT2D eigenvalue weighted by Crippen LogP contribution is 2.37. The van der Waals surface area contributed by atoms with E-state index in [2.05, 4.69) is 20.5 Å². The van der Waals surface area contributed by atoms with E-state index in [0.717, 1.165) is 0 Å². The Labute approximate surface area is 345 Å². The number of pyridine rings is 1. The maximum Gasteiger partial charge on any atom is 0.417 e. The zero-order chi connectivity index (χ0) is 44.4. The third-order valence-corrected chi connectivity index (χ3v) is 11.5. The second-order valence-electron chi connectivity index (χ2n) is 17.0. The molecule has 328 valence electrons. The van der Waals surface area contributed by atoms with Crippen LogP contribution in [0.5, 0.6) is 0 Å². The van der Waals surface area contributed by atoms with Crippen molar-refractivity contribution in [1.82, 2.24) is 25.0 Å². The van der Waals surface area contributed by atoms with E-state index in [4.69, 9.17) is 5.73 Å². The average Bonchev–Trinajstić information content (AvgIpc) is 3.57. The molecular formula is C41H54F4N8O7. The van der Waals surface area contributed by atoms with E-state index in [-0.39, 0.29) is 86.7 Å². The first-order valence-corrected chi connectivity index (χ1v) is 19.9. The van der Waals surface area contributed by atoms with Crippen molar-refractivity contribution < 1.29 is 46.6 Å². The van der Waals surface area contributed by atoms with Crippen LogP contribution < -0.4 is 26.8 Å². The summed E-state index contributed by atoms with van der Waals surface area (Å²) in [6.45, 7) is 10.3. The van der Waals surface area contributed by atoms with E-state index in [0.29, 0.717) is 30.9 Å². The predicted molar refractivity (Wildman–Crippen MR) is 215 cm³/mol. The van der Waals surface area contributed by atoms with Crippen LogP contribution in [0, 0.1) is 11.2 Å². The second kappa shape index (κ2) is 18.1. The first kappa shape index (κ1) is 45.8. The summed E-state index contributed by atoms with van der Waals surface area (Å²) in [4.78, 5) is 85.7. The number of likely N-dealkylation sites (tertiary alicyclic amines) is 1. The molecule has 0 aliphatic carbocycles. The summed E-state index contributed by atoms with van der Waals surface area (Å²) >= 11 is 0. The van der Waals surface area contributed by atoms with Crippen LogP contribution in [0.4, 0.5) is 28.9 Å². The van der Waals surface area contributed by atoms with Crippen LogP contribution >= 0.6 is 0 Å². The Balaban J connectivity index is 1.28. The van der Waals surface area contributed by atoms with Crippen molar-refractivity contribution in [3.05, 3.63) is 63.3 Å². The number of nitrogens with one attached hydrogen (secondary N) is 3. The molecule has 2 aromatic rings. The van der Waals surface area contributed by atoms with Gasteiger partial charge in [-0.05, 0) is 56.9 Å². The predicted octanol–water partition coefficient (Wildman–Crippen LogP) is 3.08. The number of piperazine rings is 1. The minimum Gasteiger partial charge on any atom is -0.391 e. The molecule has 4 heterocycles. The number of alkyl halides is 3. The molecule has 6 N–H and O–H groups in total. The molecule has 0 radical (unpaired) electrons. The number of amides is 5.